The van der Waals surface area contributed by atoms with E-state index in [1.807, 2.05) is 83.2 Å². The Balaban J connectivity index is 0.833. The van der Waals surface area contributed by atoms with Gasteiger partial charge in [0.15, 0.2) is 6.23 Å². The average molecular weight is 776 g/mol. The number of imidazole rings is 2. The van der Waals surface area contributed by atoms with Crippen LogP contribution < -0.4 is 15.2 Å². The lowest BCUT2D eigenvalue weighted by Crippen LogP contribution is -2.41. The molecule has 1 atom stereocenters. The molecule has 8 rings (SSSR count). The van der Waals surface area contributed by atoms with Crippen LogP contribution in [0.1, 0.15) is 55.7 Å². The molecule has 0 aliphatic carbocycles. The Bertz CT molecular complexity index is 2360. The van der Waals surface area contributed by atoms with Gasteiger partial charge >= 0.3 is 0 Å². The van der Waals surface area contributed by atoms with Crippen molar-refractivity contribution in [3.05, 3.63) is 120 Å². The lowest BCUT2D eigenvalue weighted by molar-refractivity contribution is -0.671. The smallest absolute Gasteiger partial charge is 0.261 e. The summed E-state index contributed by atoms with van der Waals surface area (Å²) in [4.78, 5) is 47.9. The van der Waals surface area contributed by atoms with Crippen molar-refractivity contribution >= 4 is 72.2 Å². The van der Waals surface area contributed by atoms with Gasteiger partial charge in [0.1, 0.15) is 12.4 Å². The molecule has 14 heteroatoms. The largest absolute Gasteiger partial charge is 0.384 e. The van der Waals surface area contributed by atoms with Crippen LogP contribution in [0.5, 0.6) is 0 Å². The Morgan fingerprint density at radius 3 is 2.04 bits per heavy atom. The molecular formula is C41H43N8O4S2+. The average Bonchev–Trinajstić information content (AvgIpc) is 3.88. The van der Waals surface area contributed by atoms with Gasteiger partial charge in [-0.3, -0.25) is 19.3 Å². The highest BCUT2D eigenvalue weighted by Crippen LogP contribution is 2.39. The van der Waals surface area contributed by atoms with Crippen molar-refractivity contribution in [2.75, 3.05) is 48.3 Å². The number of hydrogen-bond acceptors (Lipinski definition) is 9. The number of aliphatic hydroxyl groups excluding tert-OH is 1. The highest BCUT2D eigenvalue weighted by Gasteiger charge is 2.34. The summed E-state index contributed by atoms with van der Waals surface area (Å²) in [7, 11) is 5.10. The second-order valence-corrected chi connectivity index (χ2v) is 16.5. The monoisotopic (exact) mass is 775 g/mol. The van der Waals surface area contributed by atoms with Gasteiger partial charge in [-0.05, 0) is 36.8 Å². The van der Waals surface area contributed by atoms with Crippen molar-refractivity contribution in [3.63, 3.8) is 0 Å². The first-order valence-corrected chi connectivity index (χ1v) is 21.0. The topological polar surface area (TPSA) is 129 Å². The van der Waals surface area contributed by atoms with Gasteiger partial charge in [-0.2, -0.15) is 0 Å². The third-order valence-corrected chi connectivity index (χ3v) is 12.6. The molecule has 2 aliphatic rings. The van der Waals surface area contributed by atoms with Crippen LogP contribution in [-0.4, -0.2) is 84.4 Å². The molecule has 4 aromatic carbocycles. The molecule has 1 unspecified atom stereocenters. The fourth-order valence-corrected chi connectivity index (χ4v) is 9.47. The lowest BCUT2D eigenvalue weighted by atomic mass is 9.92. The number of carbonyl (C=O) groups is 3. The number of nitrogens with zero attached hydrogens (tertiary/aromatic N) is 6. The second kappa shape index (κ2) is 16.2. The molecule has 0 saturated heterocycles. The number of benzene rings is 4. The summed E-state index contributed by atoms with van der Waals surface area (Å²) >= 11 is 0. The molecule has 3 amide bonds. The molecule has 282 valence electrons. The van der Waals surface area contributed by atoms with Crippen LogP contribution in [0.3, 0.4) is 0 Å². The van der Waals surface area contributed by atoms with Gasteiger partial charge in [0, 0.05) is 118 Å². The summed E-state index contributed by atoms with van der Waals surface area (Å²) < 4.78 is 6.20. The third-order valence-electron chi connectivity index (χ3n) is 10.2. The minimum atomic E-state index is -1.05. The van der Waals surface area contributed by atoms with Gasteiger partial charge in [0.25, 0.3) is 17.7 Å². The van der Waals surface area contributed by atoms with Crippen LogP contribution in [-0.2, 0) is 20.1 Å². The SMILES string of the molecule is C[n+]1ccn(CCCNc2ccc3c4c(cccc24)C(=O)N(CCSSCCN2C(=O)c4cccc5c(NCCCn6ccnc6)ccc(c45)C2=O)C3O)c1. The van der Waals surface area contributed by atoms with Gasteiger partial charge in [-0.15, -0.1) is 0 Å². The van der Waals surface area contributed by atoms with Gasteiger partial charge in [0.2, 0.25) is 6.33 Å². The number of hydrogen-bond donors (Lipinski definition) is 3. The molecule has 6 aromatic rings. The van der Waals surface area contributed by atoms with Crippen LogP contribution in [0.15, 0.2) is 98.1 Å². The Morgan fingerprint density at radius 2 is 1.36 bits per heavy atom. The number of rotatable bonds is 17. The van der Waals surface area contributed by atoms with Gasteiger partial charge < -0.3 is 25.2 Å². The normalized spacial score (nSPS) is 15.1. The Morgan fingerprint density at radius 1 is 0.727 bits per heavy atom. The molecule has 2 aliphatic heterocycles. The van der Waals surface area contributed by atoms with E-state index in [2.05, 4.69) is 32.7 Å². The molecule has 2 aromatic heterocycles. The fourth-order valence-electron chi connectivity index (χ4n) is 7.55. The van der Waals surface area contributed by atoms with Crippen molar-refractivity contribution in [3.8, 4) is 0 Å². The number of aromatic nitrogens is 4. The Labute approximate surface area is 326 Å². The van der Waals surface area contributed by atoms with E-state index in [1.165, 1.54) is 9.80 Å². The van der Waals surface area contributed by atoms with E-state index in [9.17, 15) is 19.5 Å². The molecule has 12 nitrogen and oxygen atoms in total. The first kappa shape index (κ1) is 36.7. The highest BCUT2D eigenvalue weighted by molar-refractivity contribution is 8.76. The maximum absolute atomic E-state index is 13.7. The lowest BCUT2D eigenvalue weighted by Gasteiger charge is -2.34. The second-order valence-electron chi connectivity index (χ2n) is 13.8. The summed E-state index contributed by atoms with van der Waals surface area (Å²) in [5.41, 5.74) is 4.22. The molecule has 4 heterocycles. The van der Waals surface area contributed by atoms with Gasteiger partial charge in [0.05, 0.1) is 19.9 Å². The molecule has 0 fully saturated rings. The standard InChI is InChI=1S/C41H42N8O4S2/c1-45-20-21-47(27-45)18-5-15-44-35-13-11-33-37-29(35)7-3-9-31(37)39(51)49(41(33)53)23-25-55-54-24-22-48-38(50)30-8-2-6-28-34(12-10-32(36(28)30)40(48)52)43-14-4-17-46-19-16-42-26-46/h2-3,6-13,16,19-21,26-27,41,53H,4-5,14-15,17-18,22-25H2,1H3,(H-,43,44,50,51,52)/p+1. The predicted octanol–water partition coefficient (Wildman–Crippen LogP) is 5.94. The van der Waals surface area contributed by atoms with Crippen LogP contribution in [0, 0.1) is 0 Å². The fraction of sp³-hybridized carbons (Fsp3) is 0.293. The zero-order chi connectivity index (χ0) is 37.9. The van der Waals surface area contributed by atoms with Crippen LogP contribution in [0.4, 0.5) is 11.4 Å². The van der Waals surface area contributed by atoms with E-state index >= 15 is 0 Å². The number of anilines is 2. The van der Waals surface area contributed by atoms with Gasteiger partial charge in [-0.1, -0.05) is 51.9 Å². The van der Waals surface area contributed by atoms with E-state index < -0.39 is 6.23 Å². The molecule has 55 heavy (non-hydrogen) atoms. The first-order chi connectivity index (χ1) is 26.9. The molecule has 0 spiro atoms. The number of imide groups is 1. The predicted molar refractivity (Wildman–Crippen MR) is 218 cm³/mol. The number of aryl methyl sites for hydroxylation is 3. The van der Waals surface area contributed by atoms with Crippen molar-refractivity contribution < 1.29 is 24.1 Å². The van der Waals surface area contributed by atoms with Crippen molar-refractivity contribution in [2.24, 2.45) is 7.05 Å². The van der Waals surface area contributed by atoms with E-state index in [0.717, 1.165) is 72.1 Å². The Hall–Kier alpha value is -5.31. The van der Waals surface area contributed by atoms with E-state index in [0.29, 0.717) is 40.1 Å². The number of nitrogens with one attached hydrogen (secondary N) is 2. The Kier molecular flexibility index (Phi) is 10.8. The molecule has 0 saturated carbocycles. The summed E-state index contributed by atoms with van der Waals surface area (Å²) in [5, 5.41) is 21.7. The highest BCUT2D eigenvalue weighted by atomic mass is 33.1. The number of carbonyl (C=O) groups excluding carboxylic acids is 3. The third kappa shape index (κ3) is 7.41. The summed E-state index contributed by atoms with van der Waals surface area (Å²) in [5.74, 6) is 0.331. The van der Waals surface area contributed by atoms with E-state index in [1.54, 1.807) is 40.2 Å². The summed E-state index contributed by atoms with van der Waals surface area (Å²) in [6, 6.07) is 19.0. The summed E-state index contributed by atoms with van der Waals surface area (Å²) in [6.45, 7) is 3.86. The van der Waals surface area contributed by atoms with Gasteiger partial charge in [-0.25, -0.2) is 14.1 Å². The number of amides is 3. The maximum atomic E-state index is 13.7. The molecule has 0 radical (unpaired) electrons. The zero-order valence-corrected chi connectivity index (χ0v) is 32.2. The number of aliphatic hydroxyl groups is 1. The minimum Gasteiger partial charge on any atom is -0.384 e. The zero-order valence-electron chi connectivity index (χ0n) is 30.6. The van der Waals surface area contributed by atoms with Crippen molar-refractivity contribution in [2.45, 2.75) is 32.2 Å². The maximum Gasteiger partial charge on any atom is 0.261 e. The summed E-state index contributed by atoms with van der Waals surface area (Å²) in [6.07, 6.45) is 12.4. The molecular weight excluding hydrogens is 733 g/mol. The van der Waals surface area contributed by atoms with Crippen LogP contribution in [0.25, 0.3) is 21.5 Å². The quantitative estimate of drug-likeness (QED) is 0.0446. The first-order valence-electron chi connectivity index (χ1n) is 18.5. The van der Waals surface area contributed by atoms with Crippen LogP contribution in [0.2, 0.25) is 0 Å². The molecule has 0 bridgehead atoms. The molecule has 3 N–H and O–H groups in total. The van der Waals surface area contributed by atoms with Crippen LogP contribution >= 0.6 is 21.6 Å². The van der Waals surface area contributed by atoms with E-state index in [-0.39, 0.29) is 24.3 Å². The minimum absolute atomic E-state index is 0.195. The van der Waals surface area contributed by atoms with Crippen molar-refractivity contribution in [1.82, 2.24) is 23.9 Å². The van der Waals surface area contributed by atoms with E-state index in [4.69, 9.17) is 0 Å². The van der Waals surface area contributed by atoms with Crippen molar-refractivity contribution in [1.29, 1.82) is 0 Å².